The molecule has 3 aromatic heterocycles. The van der Waals surface area contributed by atoms with Gasteiger partial charge in [-0.05, 0) is 30.5 Å². The molecule has 0 N–H and O–H groups in total. The van der Waals surface area contributed by atoms with Crippen LogP contribution in [0.15, 0.2) is 34.2 Å². The Labute approximate surface area is 143 Å². The number of nitrogens with zero attached hydrogens (tertiary/aromatic N) is 6. The van der Waals surface area contributed by atoms with Gasteiger partial charge in [-0.3, -0.25) is 4.90 Å². The smallest absolute Gasteiger partial charge is 0.240 e. The summed E-state index contributed by atoms with van der Waals surface area (Å²) in [4.78, 5) is 9.99. The number of rotatable bonds is 4. The van der Waals surface area contributed by atoms with Crippen LogP contribution in [-0.4, -0.2) is 51.4 Å². The van der Waals surface area contributed by atoms with Crippen LogP contribution >= 0.6 is 11.3 Å². The summed E-state index contributed by atoms with van der Waals surface area (Å²) < 4.78 is 5.19. The minimum Gasteiger partial charge on any atom is -0.353 e. The highest BCUT2D eigenvalue weighted by Gasteiger charge is 2.20. The van der Waals surface area contributed by atoms with Crippen LogP contribution in [0.1, 0.15) is 11.7 Å². The molecule has 1 saturated heterocycles. The van der Waals surface area contributed by atoms with E-state index in [0.29, 0.717) is 18.3 Å². The second-order valence-electron chi connectivity index (χ2n) is 5.75. The average Bonchev–Trinajstić information content (AvgIpc) is 3.28. The van der Waals surface area contributed by atoms with E-state index in [4.69, 9.17) is 4.52 Å². The highest BCUT2D eigenvalue weighted by Crippen LogP contribution is 2.23. The van der Waals surface area contributed by atoms with E-state index in [2.05, 4.69) is 47.7 Å². The van der Waals surface area contributed by atoms with Crippen LogP contribution in [0.2, 0.25) is 0 Å². The molecule has 3 aromatic rings. The summed E-state index contributed by atoms with van der Waals surface area (Å²) in [6.45, 7) is 6.26. The first-order valence-electron chi connectivity index (χ1n) is 7.92. The molecule has 0 aliphatic carbocycles. The van der Waals surface area contributed by atoms with Crippen molar-refractivity contribution in [1.82, 2.24) is 25.2 Å². The Morgan fingerprint density at radius 2 is 2.00 bits per heavy atom. The second-order valence-corrected chi connectivity index (χ2v) is 6.70. The number of anilines is 1. The third kappa shape index (κ3) is 3.29. The standard InChI is InChI=1S/C16H18N6OS/c1-12-17-16(23-20-12)11-21-6-8-22(9-7-21)15-5-4-13(18-19-15)14-3-2-10-24-14/h2-5,10H,6-9,11H2,1H3. The van der Waals surface area contributed by atoms with Crippen LogP contribution in [0.4, 0.5) is 5.82 Å². The summed E-state index contributed by atoms with van der Waals surface area (Å²) >= 11 is 1.68. The van der Waals surface area contributed by atoms with Gasteiger partial charge in [0.1, 0.15) is 5.69 Å². The topological polar surface area (TPSA) is 71.2 Å². The minimum absolute atomic E-state index is 0.682. The zero-order valence-corrected chi connectivity index (χ0v) is 14.2. The van der Waals surface area contributed by atoms with Crippen LogP contribution in [0.25, 0.3) is 10.6 Å². The monoisotopic (exact) mass is 342 g/mol. The van der Waals surface area contributed by atoms with Crippen LogP contribution in [0.3, 0.4) is 0 Å². The second kappa shape index (κ2) is 6.66. The fraction of sp³-hybridized carbons (Fsp3) is 0.375. The van der Waals surface area contributed by atoms with E-state index >= 15 is 0 Å². The molecule has 0 unspecified atom stereocenters. The highest BCUT2D eigenvalue weighted by atomic mass is 32.1. The van der Waals surface area contributed by atoms with E-state index in [-0.39, 0.29) is 0 Å². The SMILES string of the molecule is Cc1noc(CN2CCN(c3ccc(-c4cccs4)nn3)CC2)n1. The lowest BCUT2D eigenvalue weighted by Crippen LogP contribution is -2.46. The summed E-state index contributed by atoms with van der Waals surface area (Å²) in [6.07, 6.45) is 0. The summed E-state index contributed by atoms with van der Waals surface area (Å²) in [6, 6.07) is 8.19. The molecule has 24 heavy (non-hydrogen) atoms. The molecule has 0 saturated carbocycles. The van der Waals surface area contributed by atoms with Gasteiger partial charge in [0.15, 0.2) is 11.6 Å². The fourth-order valence-corrected chi connectivity index (χ4v) is 3.47. The highest BCUT2D eigenvalue weighted by molar-refractivity contribution is 7.13. The summed E-state index contributed by atoms with van der Waals surface area (Å²) in [7, 11) is 0. The lowest BCUT2D eigenvalue weighted by molar-refractivity contribution is 0.215. The first kappa shape index (κ1) is 15.2. The molecule has 0 aromatic carbocycles. The van der Waals surface area contributed by atoms with E-state index < -0.39 is 0 Å². The Bertz CT molecular complexity index is 777. The van der Waals surface area contributed by atoms with Crippen molar-refractivity contribution in [2.75, 3.05) is 31.1 Å². The van der Waals surface area contributed by atoms with Crippen molar-refractivity contribution in [2.24, 2.45) is 0 Å². The molecule has 0 amide bonds. The van der Waals surface area contributed by atoms with Gasteiger partial charge in [0, 0.05) is 26.2 Å². The third-order valence-electron chi connectivity index (χ3n) is 4.05. The number of hydrogen-bond donors (Lipinski definition) is 0. The molecule has 0 bridgehead atoms. The molecule has 1 aliphatic heterocycles. The van der Waals surface area contributed by atoms with Gasteiger partial charge in [0.2, 0.25) is 5.89 Å². The van der Waals surface area contributed by atoms with Crippen LogP contribution in [0.5, 0.6) is 0 Å². The van der Waals surface area contributed by atoms with Crippen molar-refractivity contribution in [3.8, 4) is 10.6 Å². The number of thiophene rings is 1. The van der Waals surface area contributed by atoms with Crippen molar-refractivity contribution in [3.05, 3.63) is 41.4 Å². The first-order valence-corrected chi connectivity index (χ1v) is 8.80. The van der Waals surface area contributed by atoms with Crippen molar-refractivity contribution < 1.29 is 4.52 Å². The Hall–Kier alpha value is -2.32. The maximum atomic E-state index is 5.19. The molecule has 4 heterocycles. The molecule has 124 valence electrons. The number of piperazine rings is 1. The molecule has 7 nitrogen and oxygen atoms in total. The predicted molar refractivity (Wildman–Crippen MR) is 91.9 cm³/mol. The quantitative estimate of drug-likeness (QED) is 0.720. The van der Waals surface area contributed by atoms with E-state index in [1.807, 2.05) is 19.1 Å². The normalized spacial score (nSPS) is 15.8. The molecular weight excluding hydrogens is 324 g/mol. The Morgan fingerprint density at radius 1 is 1.12 bits per heavy atom. The van der Waals surface area contributed by atoms with Crippen LogP contribution < -0.4 is 4.90 Å². The molecule has 4 rings (SSSR count). The molecule has 1 fully saturated rings. The van der Waals surface area contributed by atoms with Gasteiger partial charge in [-0.1, -0.05) is 11.2 Å². The Morgan fingerprint density at radius 3 is 2.62 bits per heavy atom. The van der Waals surface area contributed by atoms with Crippen molar-refractivity contribution >= 4 is 17.2 Å². The van der Waals surface area contributed by atoms with Crippen LogP contribution in [-0.2, 0) is 6.54 Å². The molecule has 0 atom stereocenters. The Kier molecular flexibility index (Phi) is 4.22. The van der Waals surface area contributed by atoms with Crippen LogP contribution in [0, 0.1) is 6.92 Å². The molecule has 1 aliphatic rings. The number of hydrogen-bond acceptors (Lipinski definition) is 8. The molecule has 0 spiro atoms. The van der Waals surface area contributed by atoms with E-state index in [1.54, 1.807) is 11.3 Å². The van der Waals surface area contributed by atoms with Gasteiger partial charge in [-0.15, -0.1) is 21.5 Å². The van der Waals surface area contributed by atoms with Crippen molar-refractivity contribution in [2.45, 2.75) is 13.5 Å². The summed E-state index contributed by atoms with van der Waals surface area (Å²) in [5.74, 6) is 2.30. The van der Waals surface area contributed by atoms with Gasteiger partial charge < -0.3 is 9.42 Å². The number of aromatic nitrogens is 4. The zero-order valence-electron chi connectivity index (χ0n) is 13.4. The maximum Gasteiger partial charge on any atom is 0.240 e. The van der Waals surface area contributed by atoms with Gasteiger partial charge >= 0.3 is 0 Å². The van der Waals surface area contributed by atoms with Gasteiger partial charge in [-0.25, -0.2) is 0 Å². The minimum atomic E-state index is 0.682. The largest absolute Gasteiger partial charge is 0.353 e. The summed E-state index contributed by atoms with van der Waals surface area (Å²) in [5.41, 5.74) is 0.930. The van der Waals surface area contributed by atoms with E-state index in [1.165, 1.54) is 0 Å². The van der Waals surface area contributed by atoms with Crippen molar-refractivity contribution in [3.63, 3.8) is 0 Å². The zero-order chi connectivity index (χ0) is 16.4. The lowest BCUT2D eigenvalue weighted by Gasteiger charge is -2.34. The fourth-order valence-electron chi connectivity index (χ4n) is 2.78. The third-order valence-corrected chi connectivity index (χ3v) is 4.94. The van der Waals surface area contributed by atoms with E-state index in [9.17, 15) is 0 Å². The molecular formula is C16H18N6OS. The van der Waals surface area contributed by atoms with E-state index in [0.717, 1.165) is 42.6 Å². The Balaban J connectivity index is 1.35. The van der Waals surface area contributed by atoms with Gasteiger partial charge in [0.05, 0.1) is 11.4 Å². The van der Waals surface area contributed by atoms with Gasteiger partial charge in [-0.2, -0.15) is 4.98 Å². The molecule has 8 heteroatoms. The van der Waals surface area contributed by atoms with Gasteiger partial charge in [0.25, 0.3) is 0 Å². The summed E-state index contributed by atoms with van der Waals surface area (Å²) in [5, 5.41) is 14.6. The average molecular weight is 342 g/mol. The predicted octanol–water partition coefficient (Wildman–Crippen LogP) is 2.22. The maximum absolute atomic E-state index is 5.19. The lowest BCUT2D eigenvalue weighted by atomic mass is 10.3. The molecule has 0 radical (unpaired) electrons. The first-order chi connectivity index (χ1) is 11.8. The van der Waals surface area contributed by atoms with Crippen molar-refractivity contribution in [1.29, 1.82) is 0 Å². The number of aryl methyl sites for hydroxylation is 1.